The van der Waals surface area contributed by atoms with E-state index in [1.54, 1.807) is 18.2 Å². The largest absolute Gasteiger partial charge is 0.349 e. The third-order valence-electron chi connectivity index (χ3n) is 4.60. The predicted molar refractivity (Wildman–Crippen MR) is 92.6 cm³/mol. The van der Waals surface area contributed by atoms with E-state index in [0.717, 1.165) is 25.7 Å². The van der Waals surface area contributed by atoms with Crippen LogP contribution >= 0.6 is 0 Å². The molecule has 0 atom stereocenters. The van der Waals surface area contributed by atoms with Crippen LogP contribution in [0.3, 0.4) is 0 Å². The van der Waals surface area contributed by atoms with Crippen molar-refractivity contribution in [2.24, 2.45) is 5.73 Å². The molecule has 1 aliphatic carbocycles. The van der Waals surface area contributed by atoms with Gasteiger partial charge in [-0.25, -0.2) is 4.68 Å². The van der Waals surface area contributed by atoms with Crippen LogP contribution in [0, 0.1) is 10.1 Å². The average molecular weight is 343 g/mol. The van der Waals surface area contributed by atoms with Gasteiger partial charge in [-0.1, -0.05) is 31.4 Å². The van der Waals surface area contributed by atoms with E-state index in [1.807, 2.05) is 0 Å². The van der Waals surface area contributed by atoms with Crippen LogP contribution in [0.2, 0.25) is 0 Å². The number of nitro benzene ring substituents is 1. The van der Waals surface area contributed by atoms with Crippen molar-refractivity contribution in [3.05, 3.63) is 52.3 Å². The van der Waals surface area contributed by atoms with Gasteiger partial charge < -0.3 is 11.1 Å². The van der Waals surface area contributed by atoms with Crippen LogP contribution in [-0.2, 0) is 0 Å². The van der Waals surface area contributed by atoms with Crippen LogP contribution < -0.4 is 11.1 Å². The van der Waals surface area contributed by atoms with Crippen LogP contribution in [0.25, 0.3) is 5.69 Å². The summed E-state index contributed by atoms with van der Waals surface area (Å²) < 4.78 is 1.34. The topological polar surface area (TPSA) is 116 Å². The molecule has 1 heterocycles. The Hall–Kier alpha value is -2.74. The number of nitrogens with two attached hydrogens (primary N) is 1. The van der Waals surface area contributed by atoms with Crippen LogP contribution in [0.15, 0.2) is 36.5 Å². The lowest BCUT2D eigenvalue weighted by molar-refractivity contribution is -0.384. The molecule has 1 aromatic carbocycles. The summed E-state index contributed by atoms with van der Waals surface area (Å²) in [7, 11) is 0. The summed E-state index contributed by atoms with van der Waals surface area (Å²) in [6.45, 7) is 0.407. The van der Waals surface area contributed by atoms with Gasteiger partial charge in [0.05, 0.1) is 4.92 Å². The van der Waals surface area contributed by atoms with Crippen LogP contribution in [0.1, 0.15) is 42.6 Å². The van der Waals surface area contributed by atoms with Crippen LogP contribution in [-0.4, -0.2) is 32.7 Å². The lowest BCUT2D eigenvalue weighted by atomic mass is 9.82. The number of hydrogen-bond acceptors (Lipinski definition) is 5. The van der Waals surface area contributed by atoms with Crippen molar-refractivity contribution in [1.29, 1.82) is 0 Å². The highest BCUT2D eigenvalue weighted by Crippen LogP contribution is 2.25. The van der Waals surface area contributed by atoms with Gasteiger partial charge in [-0.2, -0.15) is 5.10 Å². The highest BCUT2D eigenvalue weighted by Gasteiger charge is 2.28. The van der Waals surface area contributed by atoms with Gasteiger partial charge >= 0.3 is 0 Å². The van der Waals surface area contributed by atoms with Crippen molar-refractivity contribution < 1.29 is 9.72 Å². The maximum absolute atomic E-state index is 12.3. The summed E-state index contributed by atoms with van der Waals surface area (Å²) >= 11 is 0. The Balaban J connectivity index is 1.71. The number of amides is 1. The molecular formula is C17H21N5O3. The number of hydrogen-bond donors (Lipinski definition) is 2. The molecule has 8 heteroatoms. The molecule has 1 aromatic heterocycles. The average Bonchev–Trinajstić information content (AvgIpc) is 3.10. The number of aromatic nitrogens is 2. The molecule has 2 aromatic rings. The standard InChI is InChI=1S/C17H21N5O3/c18-17(9-4-1-5-10-17)12-19-16(23)13-8-11-21(20-13)14-6-2-3-7-15(14)22(24)25/h2-3,6-8,11H,1,4-5,9-10,12,18H2,(H,19,23). The van der Waals surface area contributed by atoms with Crippen molar-refractivity contribution in [3.63, 3.8) is 0 Å². The number of rotatable bonds is 5. The predicted octanol–water partition coefficient (Wildman–Crippen LogP) is 2.17. The molecule has 3 rings (SSSR count). The van der Waals surface area contributed by atoms with Gasteiger partial charge in [-0.05, 0) is 25.0 Å². The molecule has 1 aliphatic rings. The van der Waals surface area contributed by atoms with Gasteiger partial charge in [0.2, 0.25) is 0 Å². The number of benzene rings is 1. The van der Waals surface area contributed by atoms with Crippen molar-refractivity contribution >= 4 is 11.6 Å². The zero-order chi connectivity index (χ0) is 17.9. The Morgan fingerprint density at radius 2 is 2.00 bits per heavy atom. The summed E-state index contributed by atoms with van der Waals surface area (Å²) in [5, 5.41) is 18.1. The molecule has 0 radical (unpaired) electrons. The number of nitrogens with zero attached hydrogens (tertiary/aromatic N) is 3. The number of carbonyl (C=O) groups is 1. The zero-order valence-corrected chi connectivity index (χ0v) is 13.9. The molecular weight excluding hydrogens is 322 g/mol. The van der Waals surface area contributed by atoms with Gasteiger partial charge in [-0.3, -0.25) is 14.9 Å². The Kier molecular flexibility index (Phi) is 4.80. The second-order valence-corrected chi connectivity index (χ2v) is 6.50. The summed E-state index contributed by atoms with van der Waals surface area (Å²) in [6.07, 6.45) is 6.69. The summed E-state index contributed by atoms with van der Waals surface area (Å²) in [5.41, 5.74) is 6.42. The molecule has 0 spiro atoms. The highest BCUT2D eigenvalue weighted by molar-refractivity contribution is 5.92. The molecule has 3 N–H and O–H groups in total. The number of nitrogens with one attached hydrogen (secondary N) is 1. The molecule has 132 valence electrons. The quantitative estimate of drug-likeness (QED) is 0.637. The van der Waals surface area contributed by atoms with Gasteiger partial charge in [0.15, 0.2) is 5.69 Å². The van der Waals surface area contributed by atoms with E-state index in [2.05, 4.69) is 10.4 Å². The van der Waals surface area contributed by atoms with Crippen molar-refractivity contribution in [1.82, 2.24) is 15.1 Å². The van der Waals surface area contributed by atoms with E-state index < -0.39 is 4.92 Å². The Morgan fingerprint density at radius 1 is 1.28 bits per heavy atom. The van der Waals surface area contributed by atoms with Gasteiger partial charge in [-0.15, -0.1) is 0 Å². The molecule has 8 nitrogen and oxygen atoms in total. The van der Waals surface area contributed by atoms with Crippen molar-refractivity contribution in [3.8, 4) is 5.69 Å². The number of para-hydroxylation sites is 2. The molecule has 1 saturated carbocycles. The summed E-state index contributed by atoms with van der Waals surface area (Å²) in [4.78, 5) is 23.0. The minimum absolute atomic E-state index is 0.0688. The minimum atomic E-state index is -0.474. The van der Waals surface area contributed by atoms with Gasteiger partial charge in [0.25, 0.3) is 11.6 Å². The number of carbonyl (C=O) groups excluding carboxylic acids is 1. The highest BCUT2D eigenvalue weighted by atomic mass is 16.6. The van der Waals surface area contributed by atoms with E-state index in [1.165, 1.54) is 29.4 Å². The van der Waals surface area contributed by atoms with Gasteiger partial charge in [0.1, 0.15) is 5.69 Å². The molecule has 0 bridgehead atoms. The summed E-state index contributed by atoms with van der Waals surface area (Å²) in [6, 6.07) is 7.80. The third kappa shape index (κ3) is 3.85. The SMILES string of the molecule is NC1(CNC(=O)c2ccn(-c3ccccc3[N+](=O)[O-])n2)CCCCC1. The first-order valence-electron chi connectivity index (χ1n) is 8.35. The van der Waals surface area contributed by atoms with E-state index in [-0.39, 0.29) is 22.8 Å². The second-order valence-electron chi connectivity index (χ2n) is 6.50. The molecule has 1 amide bonds. The Morgan fingerprint density at radius 3 is 2.72 bits per heavy atom. The second kappa shape index (κ2) is 7.02. The van der Waals surface area contributed by atoms with E-state index in [9.17, 15) is 14.9 Å². The molecule has 0 aliphatic heterocycles. The molecule has 0 saturated heterocycles. The first-order chi connectivity index (χ1) is 12.0. The summed E-state index contributed by atoms with van der Waals surface area (Å²) in [5.74, 6) is -0.326. The first-order valence-corrected chi connectivity index (χ1v) is 8.35. The smallest absolute Gasteiger partial charge is 0.294 e. The molecule has 0 unspecified atom stereocenters. The Bertz CT molecular complexity index is 780. The lowest BCUT2D eigenvalue weighted by Gasteiger charge is -2.33. The fourth-order valence-electron chi connectivity index (χ4n) is 3.17. The molecule has 25 heavy (non-hydrogen) atoms. The maximum Gasteiger partial charge on any atom is 0.294 e. The normalized spacial score (nSPS) is 16.4. The zero-order valence-electron chi connectivity index (χ0n) is 13.9. The fourth-order valence-corrected chi connectivity index (χ4v) is 3.17. The minimum Gasteiger partial charge on any atom is -0.349 e. The maximum atomic E-state index is 12.3. The van der Waals surface area contributed by atoms with Crippen LogP contribution in [0.4, 0.5) is 5.69 Å². The van der Waals surface area contributed by atoms with E-state index in [4.69, 9.17) is 5.73 Å². The van der Waals surface area contributed by atoms with E-state index in [0.29, 0.717) is 12.2 Å². The van der Waals surface area contributed by atoms with Crippen molar-refractivity contribution in [2.45, 2.75) is 37.6 Å². The van der Waals surface area contributed by atoms with E-state index >= 15 is 0 Å². The fraction of sp³-hybridized carbons (Fsp3) is 0.412. The van der Waals surface area contributed by atoms with Crippen molar-refractivity contribution in [2.75, 3.05) is 6.54 Å². The van der Waals surface area contributed by atoms with Crippen LogP contribution in [0.5, 0.6) is 0 Å². The van der Waals surface area contributed by atoms with Gasteiger partial charge in [0, 0.05) is 24.3 Å². The third-order valence-corrected chi connectivity index (χ3v) is 4.60. The lowest BCUT2D eigenvalue weighted by Crippen LogP contribution is -2.51. The first kappa shape index (κ1) is 17.1. The monoisotopic (exact) mass is 343 g/mol. The molecule has 1 fully saturated rings. The number of nitro groups is 1. The Labute approximate surface area is 145 Å².